The van der Waals surface area contributed by atoms with Gasteiger partial charge in [0.15, 0.2) is 0 Å². The van der Waals surface area contributed by atoms with Crippen molar-refractivity contribution in [3.05, 3.63) is 68.2 Å². The van der Waals surface area contributed by atoms with Gasteiger partial charge in [-0.2, -0.15) is 0 Å². The number of rotatable bonds is 5. The molecule has 4 amide bonds. The van der Waals surface area contributed by atoms with Crippen LogP contribution in [0.4, 0.5) is 16.2 Å². The van der Waals surface area contributed by atoms with Crippen LogP contribution in [0, 0.1) is 10.1 Å². The van der Waals surface area contributed by atoms with Crippen LogP contribution in [-0.2, 0) is 15.1 Å². The molecule has 9 nitrogen and oxygen atoms in total. The van der Waals surface area contributed by atoms with E-state index in [-0.39, 0.29) is 21.4 Å². The van der Waals surface area contributed by atoms with Gasteiger partial charge in [-0.1, -0.05) is 29.3 Å². The van der Waals surface area contributed by atoms with Crippen molar-refractivity contribution < 1.29 is 19.3 Å². The van der Waals surface area contributed by atoms with Crippen molar-refractivity contribution in [2.75, 3.05) is 11.9 Å². The Morgan fingerprint density at radius 1 is 1.17 bits per heavy atom. The molecule has 1 saturated heterocycles. The van der Waals surface area contributed by atoms with Gasteiger partial charge < -0.3 is 10.6 Å². The molecular formula is C18H14Cl2N4O5. The molecule has 0 radical (unpaired) electrons. The van der Waals surface area contributed by atoms with Crippen molar-refractivity contribution in [1.29, 1.82) is 0 Å². The van der Waals surface area contributed by atoms with Crippen molar-refractivity contribution in [2.45, 2.75) is 12.5 Å². The molecule has 0 saturated carbocycles. The second-order valence-electron chi connectivity index (χ2n) is 6.40. The Kier molecular flexibility index (Phi) is 5.45. The predicted octanol–water partition coefficient (Wildman–Crippen LogP) is 3.31. The van der Waals surface area contributed by atoms with E-state index in [9.17, 15) is 24.5 Å². The minimum atomic E-state index is -1.46. The van der Waals surface area contributed by atoms with Crippen molar-refractivity contribution in [3.8, 4) is 0 Å². The number of nitrogens with one attached hydrogen (secondary N) is 2. The lowest BCUT2D eigenvalue weighted by atomic mass is 9.92. The summed E-state index contributed by atoms with van der Waals surface area (Å²) in [6.07, 6.45) is 0. The van der Waals surface area contributed by atoms with Crippen molar-refractivity contribution >= 4 is 52.4 Å². The van der Waals surface area contributed by atoms with E-state index in [1.54, 1.807) is 6.07 Å². The molecule has 29 heavy (non-hydrogen) atoms. The molecule has 1 fully saturated rings. The Morgan fingerprint density at radius 3 is 2.31 bits per heavy atom. The summed E-state index contributed by atoms with van der Waals surface area (Å²) in [7, 11) is 0. The Bertz CT molecular complexity index is 1010. The van der Waals surface area contributed by atoms with E-state index in [1.807, 2.05) is 0 Å². The summed E-state index contributed by atoms with van der Waals surface area (Å²) in [5.74, 6) is -1.34. The van der Waals surface area contributed by atoms with Crippen LogP contribution >= 0.6 is 23.2 Å². The van der Waals surface area contributed by atoms with Gasteiger partial charge in [0.2, 0.25) is 5.91 Å². The third-order valence-corrected chi connectivity index (χ3v) is 5.09. The van der Waals surface area contributed by atoms with E-state index in [1.165, 1.54) is 43.3 Å². The van der Waals surface area contributed by atoms with Crippen LogP contribution in [0.3, 0.4) is 0 Å². The first-order valence-electron chi connectivity index (χ1n) is 8.26. The average molecular weight is 437 g/mol. The standard InChI is InChI=1S/C18H14Cl2N4O5/c1-18(10-5-7-11(8-6-10)24(28)29)16(26)23(17(27)22-18)9-14(25)21-15-12(19)3-2-4-13(15)20/h2-8H,9H2,1H3,(H,21,25)(H,22,27)/t18-/m0/s1. The number of hydrogen-bond acceptors (Lipinski definition) is 5. The zero-order chi connectivity index (χ0) is 21.3. The van der Waals surface area contributed by atoms with Crippen LogP contribution in [0.25, 0.3) is 0 Å². The Labute approximate surface area is 174 Å². The molecular weight excluding hydrogens is 423 g/mol. The summed E-state index contributed by atoms with van der Waals surface area (Å²) in [6.45, 7) is 0.895. The fourth-order valence-corrected chi connectivity index (χ4v) is 3.38. The van der Waals surface area contributed by atoms with Gasteiger partial charge in [0.25, 0.3) is 11.6 Å². The fraction of sp³-hybridized carbons (Fsp3) is 0.167. The maximum Gasteiger partial charge on any atom is 0.325 e. The third-order valence-electron chi connectivity index (χ3n) is 4.46. The molecule has 150 valence electrons. The van der Waals surface area contributed by atoms with Crippen LogP contribution in [-0.4, -0.2) is 34.2 Å². The number of halogens is 2. The highest BCUT2D eigenvalue weighted by Crippen LogP contribution is 2.31. The van der Waals surface area contributed by atoms with Gasteiger partial charge in [0.05, 0.1) is 20.7 Å². The summed E-state index contributed by atoms with van der Waals surface area (Å²) >= 11 is 12.0. The monoisotopic (exact) mass is 436 g/mol. The number of urea groups is 1. The van der Waals surface area contributed by atoms with Crippen LogP contribution in [0.1, 0.15) is 12.5 Å². The zero-order valence-corrected chi connectivity index (χ0v) is 16.5. The van der Waals surface area contributed by atoms with Crippen LogP contribution in [0.15, 0.2) is 42.5 Å². The number of benzene rings is 2. The summed E-state index contributed by atoms with van der Waals surface area (Å²) < 4.78 is 0. The third kappa shape index (κ3) is 3.87. The van der Waals surface area contributed by atoms with Gasteiger partial charge in [0.1, 0.15) is 12.1 Å². The quantitative estimate of drug-likeness (QED) is 0.422. The highest BCUT2D eigenvalue weighted by atomic mass is 35.5. The molecule has 1 heterocycles. The fourth-order valence-electron chi connectivity index (χ4n) is 2.89. The second-order valence-corrected chi connectivity index (χ2v) is 7.21. The molecule has 1 aliphatic heterocycles. The number of nitro benzene ring substituents is 1. The smallest absolute Gasteiger partial charge is 0.322 e. The largest absolute Gasteiger partial charge is 0.325 e. The molecule has 0 aliphatic carbocycles. The SMILES string of the molecule is C[C@@]1(c2ccc([N+](=O)[O-])cc2)NC(=O)N(CC(=O)Nc2c(Cl)cccc2Cl)C1=O. The highest BCUT2D eigenvalue weighted by Gasteiger charge is 2.49. The number of carbonyl (C=O) groups is 3. The number of para-hydroxylation sites is 1. The van der Waals surface area contributed by atoms with Crippen molar-refractivity contribution in [2.24, 2.45) is 0 Å². The highest BCUT2D eigenvalue weighted by molar-refractivity contribution is 6.39. The van der Waals surface area contributed by atoms with E-state index in [4.69, 9.17) is 23.2 Å². The number of nitrogens with zero attached hydrogens (tertiary/aromatic N) is 2. The normalized spacial score (nSPS) is 18.5. The van der Waals surface area contributed by atoms with E-state index >= 15 is 0 Å². The molecule has 3 rings (SSSR count). The predicted molar refractivity (Wildman–Crippen MR) is 106 cm³/mol. The van der Waals surface area contributed by atoms with Crippen LogP contribution < -0.4 is 10.6 Å². The molecule has 0 bridgehead atoms. The Balaban J connectivity index is 1.78. The van der Waals surface area contributed by atoms with Gasteiger partial charge in [-0.05, 0) is 36.8 Å². The number of imide groups is 1. The number of carbonyl (C=O) groups excluding carboxylic acids is 3. The van der Waals surface area contributed by atoms with E-state index in [0.29, 0.717) is 5.56 Å². The maximum absolute atomic E-state index is 12.9. The number of hydrogen-bond donors (Lipinski definition) is 2. The van der Waals surface area contributed by atoms with Gasteiger partial charge in [-0.25, -0.2) is 4.79 Å². The summed E-state index contributed by atoms with van der Waals surface area (Å²) in [6, 6.07) is 9.12. The van der Waals surface area contributed by atoms with Gasteiger partial charge in [0, 0.05) is 12.1 Å². The lowest BCUT2D eigenvalue weighted by Gasteiger charge is -2.22. The number of amides is 4. The van der Waals surface area contributed by atoms with Crippen LogP contribution in [0.2, 0.25) is 10.0 Å². The first-order valence-corrected chi connectivity index (χ1v) is 9.02. The number of anilines is 1. The molecule has 2 aromatic carbocycles. The first kappa shape index (κ1) is 20.6. The minimum absolute atomic E-state index is 0.151. The van der Waals surface area contributed by atoms with E-state index < -0.39 is 34.9 Å². The van der Waals surface area contributed by atoms with Gasteiger partial charge >= 0.3 is 6.03 Å². The number of non-ortho nitro benzene ring substituents is 1. The molecule has 0 aromatic heterocycles. The molecule has 0 unspecified atom stereocenters. The van der Waals surface area contributed by atoms with Crippen LogP contribution in [0.5, 0.6) is 0 Å². The molecule has 0 spiro atoms. The van der Waals surface area contributed by atoms with E-state index in [0.717, 1.165) is 4.90 Å². The summed E-state index contributed by atoms with van der Waals surface area (Å²) in [5, 5.41) is 16.2. The molecule has 1 aliphatic rings. The minimum Gasteiger partial charge on any atom is -0.322 e. The lowest BCUT2D eigenvalue weighted by molar-refractivity contribution is -0.384. The lowest BCUT2D eigenvalue weighted by Crippen LogP contribution is -2.42. The molecule has 11 heteroatoms. The van der Waals surface area contributed by atoms with Crippen molar-refractivity contribution in [3.63, 3.8) is 0 Å². The van der Waals surface area contributed by atoms with Gasteiger partial charge in [-0.15, -0.1) is 0 Å². The second kappa shape index (κ2) is 7.69. The maximum atomic E-state index is 12.9. The summed E-state index contributed by atoms with van der Waals surface area (Å²) in [5.41, 5.74) is -1.10. The molecule has 1 atom stereocenters. The zero-order valence-electron chi connectivity index (χ0n) is 14.9. The first-order chi connectivity index (χ1) is 13.6. The Morgan fingerprint density at radius 2 is 1.76 bits per heavy atom. The Hall–Kier alpha value is -3.17. The summed E-state index contributed by atoms with van der Waals surface area (Å²) in [4.78, 5) is 48.5. The molecule has 2 aromatic rings. The topological polar surface area (TPSA) is 122 Å². The number of nitro groups is 1. The van der Waals surface area contributed by atoms with Crippen molar-refractivity contribution in [1.82, 2.24) is 10.2 Å². The van der Waals surface area contributed by atoms with Gasteiger partial charge in [-0.3, -0.25) is 24.6 Å². The average Bonchev–Trinajstić information content (AvgIpc) is 2.89. The van der Waals surface area contributed by atoms with E-state index in [2.05, 4.69) is 10.6 Å². The molecule has 2 N–H and O–H groups in total.